The Morgan fingerprint density at radius 2 is 1.81 bits per heavy atom. The van der Waals surface area contributed by atoms with Crippen molar-refractivity contribution in [2.75, 3.05) is 25.2 Å². The van der Waals surface area contributed by atoms with Crippen molar-refractivity contribution in [1.29, 1.82) is 0 Å². The van der Waals surface area contributed by atoms with Crippen molar-refractivity contribution in [2.24, 2.45) is 11.3 Å². The number of aliphatic carboxylic acids is 1. The summed E-state index contributed by atoms with van der Waals surface area (Å²) >= 11 is 0. The van der Waals surface area contributed by atoms with Gasteiger partial charge in [-0.25, -0.2) is 8.42 Å². The molecule has 0 saturated heterocycles. The lowest BCUT2D eigenvalue weighted by Gasteiger charge is -2.29. The number of carbonyl (C=O) groups excluding carboxylic acids is 1. The summed E-state index contributed by atoms with van der Waals surface area (Å²) in [4.78, 5) is 23.9. The van der Waals surface area contributed by atoms with Crippen molar-refractivity contribution in [3.8, 4) is 0 Å². The van der Waals surface area contributed by atoms with Crippen LogP contribution in [0.2, 0.25) is 0 Å². The van der Waals surface area contributed by atoms with Gasteiger partial charge < -0.3 is 14.9 Å². The van der Waals surface area contributed by atoms with Crippen LogP contribution in [-0.4, -0.2) is 55.8 Å². The zero-order chi connectivity index (χ0) is 23.9. The van der Waals surface area contributed by atoms with Crippen molar-refractivity contribution in [2.45, 2.75) is 58.8 Å². The number of aliphatic hydroxyl groups excluding tert-OH is 1. The molecule has 0 aromatic heterocycles. The molecule has 2 atom stereocenters. The predicted octanol–water partition coefficient (Wildman–Crippen LogP) is 2.98. The fourth-order valence-electron chi connectivity index (χ4n) is 3.85. The number of hydrogen-bond donors (Lipinski definition) is 2. The van der Waals surface area contributed by atoms with Crippen LogP contribution in [0.15, 0.2) is 24.3 Å². The Balaban J connectivity index is 2.94. The van der Waals surface area contributed by atoms with Crippen molar-refractivity contribution in [1.82, 2.24) is 0 Å². The van der Waals surface area contributed by atoms with Crippen molar-refractivity contribution < 1.29 is 33.0 Å². The van der Waals surface area contributed by atoms with E-state index in [-0.39, 0.29) is 23.4 Å². The first-order valence-electron chi connectivity index (χ1n) is 10.5. The second-order valence-electron chi connectivity index (χ2n) is 9.30. The molecule has 0 aliphatic rings. The van der Waals surface area contributed by atoms with Gasteiger partial charge in [-0.15, -0.1) is 0 Å². The highest BCUT2D eigenvalue weighted by atomic mass is 32.2. The maximum absolute atomic E-state index is 12.2. The van der Waals surface area contributed by atoms with Crippen LogP contribution < -0.4 is 0 Å². The summed E-state index contributed by atoms with van der Waals surface area (Å²) < 4.78 is 28.9. The second-order valence-corrected chi connectivity index (χ2v) is 11.5. The van der Waals surface area contributed by atoms with Gasteiger partial charge in [0.1, 0.15) is 0 Å². The molecule has 0 heterocycles. The molecule has 1 rings (SSSR count). The van der Waals surface area contributed by atoms with E-state index in [9.17, 15) is 23.1 Å². The van der Waals surface area contributed by atoms with Gasteiger partial charge in [-0.05, 0) is 42.7 Å². The third-order valence-corrected chi connectivity index (χ3v) is 7.75. The number of esters is 1. The summed E-state index contributed by atoms with van der Waals surface area (Å²) in [5, 5.41) is 18.9. The molecule has 0 aliphatic carbocycles. The molecule has 8 heteroatoms. The lowest BCUT2D eigenvalue weighted by molar-refractivity contribution is -0.145. The number of methoxy groups -OCH3 is 1. The fourth-order valence-corrected chi connectivity index (χ4v) is 5.61. The Morgan fingerprint density at radius 1 is 1.16 bits per heavy atom. The number of carbonyl (C=O) groups is 2. The summed E-state index contributed by atoms with van der Waals surface area (Å²) in [5.41, 5.74) is -0.144. The van der Waals surface area contributed by atoms with Crippen molar-refractivity contribution in [3.05, 3.63) is 35.4 Å². The van der Waals surface area contributed by atoms with Crippen molar-refractivity contribution >= 4 is 21.8 Å². The Kier molecular flexibility index (Phi) is 9.69. The van der Waals surface area contributed by atoms with Crippen LogP contribution in [0.4, 0.5) is 0 Å². The average Bonchev–Trinajstić information content (AvgIpc) is 2.65. The SMILES string of the molecule is COC(=O)[C@H](C)Cc1cccc([C@@](C)(CCCC(C)(C)CS(=O)(=O)CCO)C(=O)O)c1. The largest absolute Gasteiger partial charge is 0.481 e. The molecular formula is C23H36O7S. The van der Waals surface area contributed by atoms with E-state index in [0.717, 1.165) is 5.56 Å². The van der Waals surface area contributed by atoms with Gasteiger partial charge in [-0.2, -0.15) is 0 Å². The van der Waals surface area contributed by atoms with E-state index in [2.05, 4.69) is 0 Å². The van der Waals surface area contributed by atoms with E-state index >= 15 is 0 Å². The molecular weight excluding hydrogens is 420 g/mol. The Morgan fingerprint density at radius 3 is 2.35 bits per heavy atom. The monoisotopic (exact) mass is 456 g/mol. The quantitative estimate of drug-likeness (QED) is 0.438. The van der Waals surface area contributed by atoms with E-state index in [1.54, 1.807) is 26.0 Å². The van der Waals surface area contributed by atoms with Crippen LogP contribution in [0, 0.1) is 11.3 Å². The third kappa shape index (κ3) is 8.26. The number of sulfone groups is 1. The van der Waals surface area contributed by atoms with Gasteiger partial charge in [0.15, 0.2) is 9.84 Å². The molecule has 0 unspecified atom stereocenters. The van der Waals surface area contributed by atoms with Gasteiger partial charge >= 0.3 is 11.9 Å². The Bertz CT molecular complexity index is 860. The lowest BCUT2D eigenvalue weighted by atomic mass is 9.75. The summed E-state index contributed by atoms with van der Waals surface area (Å²) in [7, 11) is -2.01. The number of hydrogen-bond acceptors (Lipinski definition) is 6. The zero-order valence-corrected chi connectivity index (χ0v) is 20.0. The average molecular weight is 457 g/mol. The fraction of sp³-hybridized carbons (Fsp3) is 0.652. The van der Waals surface area contributed by atoms with Gasteiger partial charge in [-0.1, -0.05) is 51.5 Å². The third-order valence-electron chi connectivity index (χ3n) is 5.72. The molecule has 0 fully saturated rings. The summed E-state index contributed by atoms with van der Waals surface area (Å²) in [6.45, 7) is 6.72. The number of benzene rings is 1. The van der Waals surface area contributed by atoms with E-state index in [1.165, 1.54) is 7.11 Å². The van der Waals surface area contributed by atoms with Crippen LogP contribution >= 0.6 is 0 Å². The maximum Gasteiger partial charge on any atom is 0.313 e. The minimum atomic E-state index is -3.35. The Hall–Kier alpha value is -1.93. The highest BCUT2D eigenvalue weighted by Crippen LogP contribution is 2.34. The van der Waals surface area contributed by atoms with Crippen molar-refractivity contribution in [3.63, 3.8) is 0 Å². The summed E-state index contributed by atoms with van der Waals surface area (Å²) in [5.74, 6) is -1.91. The number of aliphatic hydroxyl groups is 1. The number of carboxylic acids is 1. The molecule has 0 bridgehead atoms. The highest BCUT2D eigenvalue weighted by Gasteiger charge is 2.36. The molecule has 0 saturated carbocycles. The minimum absolute atomic E-state index is 0.0503. The van der Waals surface area contributed by atoms with E-state index in [4.69, 9.17) is 9.84 Å². The van der Waals surface area contributed by atoms with E-state index in [1.807, 2.05) is 26.0 Å². The molecule has 176 valence electrons. The number of rotatable bonds is 13. The van der Waals surface area contributed by atoms with Crippen LogP contribution in [-0.2, 0) is 36.0 Å². The van der Waals surface area contributed by atoms with Gasteiger partial charge in [0.2, 0.25) is 0 Å². The molecule has 7 nitrogen and oxygen atoms in total. The van der Waals surface area contributed by atoms with Gasteiger partial charge in [0.25, 0.3) is 0 Å². The standard InChI is InChI=1S/C23H36O7S/c1-17(20(25)30-5)14-18-8-6-9-19(15-18)23(4,21(26)27)11-7-10-22(2,3)16-31(28,29)13-12-24/h6,8-9,15,17,24H,7,10-14,16H2,1-5H3,(H,26,27)/t17-,23-/m1/s1. The minimum Gasteiger partial charge on any atom is -0.481 e. The molecule has 2 N–H and O–H groups in total. The lowest BCUT2D eigenvalue weighted by Crippen LogP contribution is -2.33. The van der Waals surface area contributed by atoms with Crippen LogP contribution in [0.1, 0.15) is 58.1 Å². The molecule has 0 radical (unpaired) electrons. The molecule has 1 aromatic carbocycles. The maximum atomic E-state index is 12.2. The van der Waals surface area contributed by atoms with Crippen LogP contribution in [0.25, 0.3) is 0 Å². The Labute approximate surface area is 185 Å². The smallest absolute Gasteiger partial charge is 0.313 e. The summed E-state index contributed by atoms with van der Waals surface area (Å²) in [6, 6.07) is 7.25. The molecule has 31 heavy (non-hydrogen) atoms. The van der Waals surface area contributed by atoms with Crippen LogP contribution in [0.5, 0.6) is 0 Å². The van der Waals surface area contributed by atoms with Gasteiger partial charge in [-0.3, -0.25) is 9.59 Å². The predicted molar refractivity (Wildman–Crippen MR) is 120 cm³/mol. The summed E-state index contributed by atoms with van der Waals surface area (Å²) in [6.07, 6.45) is 1.88. The first-order chi connectivity index (χ1) is 14.3. The topological polar surface area (TPSA) is 118 Å². The first kappa shape index (κ1) is 27.1. The van der Waals surface area contributed by atoms with Gasteiger partial charge in [0, 0.05) is 0 Å². The zero-order valence-electron chi connectivity index (χ0n) is 19.2. The molecule has 0 amide bonds. The first-order valence-corrected chi connectivity index (χ1v) is 12.3. The number of ether oxygens (including phenoxy) is 1. The van der Waals surface area contributed by atoms with E-state index in [0.29, 0.717) is 31.2 Å². The normalized spacial score (nSPS) is 15.2. The molecule has 0 aliphatic heterocycles. The van der Waals surface area contributed by atoms with Gasteiger partial charge in [0.05, 0.1) is 36.6 Å². The molecule has 1 aromatic rings. The second kappa shape index (κ2) is 11.1. The van der Waals surface area contributed by atoms with E-state index < -0.39 is 33.2 Å². The number of carboxylic acid groups (broad SMARTS) is 1. The highest BCUT2D eigenvalue weighted by molar-refractivity contribution is 7.91. The molecule has 0 spiro atoms. The van der Waals surface area contributed by atoms with Crippen LogP contribution in [0.3, 0.4) is 0 Å².